The van der Waals surface area contributed by atoms with Gasteiger partial charge in [0.2, 0.25) is 5.60 Å². The molecule has 1 aromatic carbocycles. The fraction of sp³-hybridized carbons (Fsp3) is 0.320. The number of aromatic nitrogens is 4. The summed E-state index contributed by atoms with van der Waals surface area (Å²) in [4.78, 5) is 12.0. The maximum Gasteiger partial charge on any atom is 0.423 e. The van der Waals surface area contributed by atoms with Gasteiger partial charge in [0.1, 0.15) is 28.5 Å². The molecule has 3 heterocycles. The average Bonchev–Trinajstić information content (AvgIpc) is 3.33. The summed E-state index contributed by atoms with van der Waals surface area (Å²) in [5.41, 5.74) is -5.91. The number of para-hydroxylation sites is 1. The molecule has 0 radical (unpaired) electrons. The molecular weight excluding hydrogens is 518 g/mol. The van der Waals surface area contributed by atoms with Crippen molar-refractivity contribution < 1.29 is 41.3 Å². The smallest absolute Gasteiger partial charge is 0.423 e. The van der Waals surface area contributed by atoms with Gasteiger partial charge in [0.25, 0.3) is 0 Å². The van der Waals surface area contributed by atoms with E-state index in [2.05, 4.69) is 19.7 Å². The highest BCUT2D eigenvalue weighted by Gasteiger charge is 2.63. The second kappa shape index (κ2) is 8.67. The lowest BCUT2D eigenvalue weighted by atomic mass is 9.91. The van der Waals surface area contributed by atoms with Crippen LogP contribution in [0.2, 0.25) is 0 Å². The van der Waals surface area contributed by atoms with Crippen LogP contribution in [0.1, 0.15) is 49.0 Å². The third-order valence-corrected chi connectivity index (χ3v) is 6.46. The number of alkyl halides is 5. The number of pyridine rings is 1. The zero-order chi connectivity index (χ0) is 27.6. The van der Waals surface area contributed by atoms with E-state index in [-0.39, 0.29) is 39.6 Å². The van der Waals surface area contributed by atoms with E-state index in [9.17, 15) is 32.2 Å². The van der Waals surface area contributed by atoms with Crippen LogP contribution in [0.4, 0.5) is 26.3 Å². The van der Waals surface area contributed by atoms with Gasteiger partial charge in [-0.2, -0.15) is 22.0 Å². The Labute approximate surface area is 211 Å². The highest BCUT2D eigenvalue weighted by Crippen LogP contribution is 2.55. The minimum Gasteiger partial charge on any atom is -0.435 e. The summed E-state index contributed by atoms with van der Waals surface area (Å²) in [6.07, 6.45) is -2.44. The Morgan fingerprint density at radius 1 is 1.13 bits per heavy atom. The van der Waals surface area contributed by atoms with E-state index >= 15 is 4.39 Å². The zero-order valence-corrected chi connectivity index (χ0v) is 19.8. The predicted molar refractivity (Wildman–Crippen MR) is 121 cm³/mol. The lowest BCUT2D eigenvalue weighted by molar-refractivity contribution is -0.267. The van der Waals surface area contributed by atoms with Gasteiger partial charge in [-0.05, 0) is 19.9 Å². The van der Waals surface area contributed by atoms with Crippen LogP contribution in [0.5, 0.6) is 5.75 Å². The molecule has 0 saturated carbocycles. The van der Waals surface area contributed by atoms with E-state index in [1.54, 1.807) is 0 Å². The molecule has 1 aliphatic carbocycles. The normalized spacial score (nSPS) is 19.8. The van der Waals surface area contributed by atoms with Crippen LogP contribution in [0, 0.1) is 5.82 Å². The van der Waals surface area contributed by atoms with Crippen LogP contribution < -0.4 is 4.74 Å². The average molecular weight is 538 g/mol. The van der Waals surface area contributed by atoms with E-state index < -0.39 is 47.8 Å². The Kier molecular flexibility index (Phi) is 5.91. The van der Waals surface area contributed by atoms with Gasteiger partial charge in [-0.1, -0.05) is 18.2 Å². The molecule has 7 nitrogen and oxygen atoms in total. The van der Waals surface area contributed by atoms with Gasteiger partial charge in [0.05, 0.1) is 5.69 Å². The quantitative estimate of drug-likeness (QED) is 0.346. The van der Waals surface area contributed by atoms with Crippen LogP contribution >= 0.6 is 0 Å². The second-order valence-corrected chi connectivity index (χ2v) is 9.49. The van der Waals surface area contributed by atoms with Crippen LogP contribution in [0.3, 0.4) is 0 Å². The lowest BCUT2D eigenvalue weighted by Crippen LogP contribution is -2.40. The van der Waals surface area contributed by atoms with Crippen molar-refractivity contribution in [2.24, 2.45) is 0 Å². The number of fused-ring (bicyclic) bond motifs is 3. The number of hydrogen-bond acceptors (Lipinski definition) is 6. The van der Waals surface area contributed by atoms with E-state index in [4.69, 9.17) is 0 Å². The molecular formula is C25H20F6N4O3. The summed E-state index contributed by atoms with van der Waals surface area (Å²) in [7, 11) is 0. The van der Waals surface area contributed by atoms with Gasteiger partial charge < -0.3 is 19.4 Å². The lowest BCUT2D eigenvalue weighted by Gasteiger charge is -2.26. The third kappa shape index (κ3) is 4.15. The monoisotopic (exact) mass is 538 g/mol. The number of hydrogen-bond donors (Lipinski definition) is 2. The minimum absolute atomic E-state index is 0.0280. The van der Waals surface area contributed by atoms with Gasteiger partial charge in [0, 0.05) is 53.7 Å². The van der Waals surface area contributed by atoms with Crippen molar-refractivity contribution in [3.05, 3.63) is 77.5 Å². The molecule has 4 aromatic rings. The van der Waals surface area contributed by atoms with E-state index in [1.165, 1.54) is 61.1 Å². The molecule has 3 aromatic heterocycles. The summed E-state index contributed by atoms with van der Waals surface area (Å²) in [5.74, 6) is -2.43. The van der Waals surface area contributed by atoms with Crippen LogP contribution in [0.15, 0.2) is 48.9 Å². The molecule has 0 amide bonds. The number of imidazole rings is 1. The highest BCUT2D eigenvalue weighted by molar-refractivity contribution is 5.65. The van der Waals surface area contributed by atoms with Crippen LogP contribution in [-0.4, -0.2) is 42.4 Å². The third-order valence-electron chi connectivity index (χ3n) is 6.46. The van der Waals surface area contributed by atoms with Gasteiger partial charge >= 0.3 is 12.8 Å². The zero-order valence-electron chi connectivity index (χ0n) is 19.8. The Hall–Kier alpha value is -3.71. The van der Waals surface area contributed by atoms with Crippen molar-refractivity contribution in [3.63, 3.8) is 0 Å². The van der Waals surface area contributed by atoms with Crippen molar-refractivity contribution in [2.45, 2.75) is 50.2 Å². The largest absolute Gasteiger partial charge is 0.435 e. The Bertz CT molecular complexity index is 1510. The molecule has 0 saturated heterocycles. The first-order chi connectivity index (χ1) is 17.7. The molecule has 0 fully saturated rings. The second-order valence-electron chi connectivity index (χ2n) is 9.49. The van der Waals surface area contributed by atoms with Crippen LogP contribution in [0.25, 0.3) is 16.8 Å². The van der Waals surface area contributed by atoms with Crippen molar-refractivity contribution in [3.8, 4) is 16.9 Å². The summed E-state index contributed by atoms with van der Waals surface area (Å²) in [5, 5.41) is 20.9. The predicted octanol–water partition coefficient (Wildman–Crippen LogP) is 5.04. The van der Waals surface area contributed by atoms with Crippen molar-refractivity contribution in [1.29, 1.82) is 0 Å². The van der Waals surface area contributed by atoms with Gasteiger partial charge in [0.15, 0.2) is 5.82 Å². The highest BCUT2D eigenvalue weighted by atomic mass is 19.4. The van der Waals surface area contributed by atoms with E-state index in [0.29, 0.717) is 0 Å². The Morgan fingerprint density at radius 3 is 2.39 bits per heavy atom. The van der Waals surface area contributed by atoms with Crippen molar-refractivity contribution >= 4 is 5.65 Å². The summed E-state index contributed by atoms with van der Waals surface area (Å²) >= 11 is 0. The molecule has 13 heteroatoms. The van der Waals surface area contributed by atoms with Gasteiger partial charge in [-0.3, -0.25) is 0 Å². The summed E-state index contributed by atoms with van der Waals surface area (Å²) in [6, 6.07) is 6.22. The maximum atomic E-state index is 15.1. The van der Waals surface area contributed by atoms with E-state index in [1.807, 2.05) is 0 Å². The number of benzene rings is 1. The molecule has 200 valence electrons. The molecule has 0 bridgehead atoms. The SMILES string of the molecule is CC(C)(O)c1ncc(-c2cn3c4c(nc3cc2F)[C@@](O)(C(F)(F)F)C[C@@H]4c2ccccc2OC(F)F)cn1. The topological polar surface area (TPSA) is 92.8 Å². The summed E-state index contributed by atoms with van der Waals surface area (Å²) in [6.45, 7) is -0.324. The van der Waals surface area contributed by atoms with E-state index in [0.717, 1.165) is 6.07 Å². The molecule has 0 spiro atoms. The van der Waals surface area contributed by atoms with Crippen molar-refractivity contribution in [1.82, 2.24) is 19.4 Å². The Morgan fingerprint density at radius 2 is 1.79 bits per heavy atom. The molecule has 2 N–H and O–H groups in total. The minimum atomic E-state index is -5.17. The Balaban J connectivity index is 1.73. The first kappa shape index (κ1) is 25.9. The summed E-state index contributed by atoms with van der Waals surface area (Å²) < 4.78 is 89.4. The van der Waals surface area contributed by atoms with Crippen LogP contribution in [-0.2, 0) is 11.2 Å². The molecule has 1 aliphatic rings. The first-order valence-corrected chi connectivity index (χ1v) is 11.3. The maximum absolute atomic E-state index is 15.1. The number of nitrogens with zero attached hydrogens (tertiary/aromatic N) is 4. The standard InChI is InChI=1S/C25H20F6N4O3/c1-23(2,36)21-32-9-12(10-33-21)15-11-35-18(7-16(15)26)34-20-19(35)14(8-24(20,37)25(29,30)31)13-5-3-4-6-17(13)38-22(27)28/h3-7,9-11,14,22,36-37H,8H2,1-2H3/t14-,24-/m1/s1. The van der Waals surface area contributed by atoms with Gasteiger partial charge in [-0.15, -0.1) is 0 Å². The number of rotatable bonds is 5. The number of aliphatic hydroxyl groups is 2. The molecule has 0 aliphatic heterocycles. The molecule has 0 unspecified atom stereocenters. The fourth-order valence-corrected chi connectivity index (χ4v) is 4.68. The fourth-order valence-electron chi connectivity index (χ4n) is 4.68. The number of ether oxygens (including phenoxy) is 1. The van der Waals surface area contributed by atoms with Crippen molar-refractivity contribution in [2.75, 3.05) is 0 Å². The van der Waals surface area contributed by atoms with Gasteiger partial charge in [-0.25, -0.2) is 19.3 Å². The molecule has 5 rings (SSSR count). The molecule has 2 atom stereocenters. The number of halogens is 6. The molecule has 38 heavy (non-hydrogen) atoms. The first-order valence-electron chi connectivity index (χ1n) is 11.3.